The first kappa shape index (κ1) is 17.8. The van der Waals surface area contributed by atoms with Crippen molar-refractivity contribution in [2.45, 2.75) is 19.1 Å². The van der Waals surface area contributed by atoms with Crippen molar-refractivity contribution < 1.29 is 23.4 Å². The Morgan fingerprint density at radius 3 is 2.85 bits per heavy atom. The SMILES string of the molecule is COc1ccc2c(c1)C[C@H](C(=O)N1CC(OCc3ccccc3F)C1)CO2. The fourth-order valence-corrected chi connectivity index (χ4v) is 3.46. The Balaban J connectivity index is 1.28. The summed E-state index contributed by atoms with van der Waals surface area (Å²) in [5.74, 6) is 1.19. The number of halogens is 1. The first-order chi connectivity index (χ1) is 13.1. The predicted octanol–water partition coefficient (Wildman–Crippen LogP) is 2.81. The van der Waals surface area contributed by atoms with Crippen LogP contribution in [0.4, 0.5) is 4.39 Å². The van der Waals surface area contributed by atoms with Crippen LogP contribution in [0.1, 0.15) is 11.1 Å². The van der Waals surface area contributed by atoms with Crippen LogP contribution in [-0.4, -0.2) is 43.7 Å². The third kappa shape index (κ3) is 3.76. The lowest BCUT2D eigenvalue weighted by Crippen LogP contribution is -2.57. The smallest absolute Gasteiger partial charge is 0.229 e. The van der Waals surface area contributed by atoms with E-state index in [1.807, 2.05) is 18.2 Å². The number of hydrogen-bond acceptors (Lipinski definition) is 4. The van der Waals surface area contributed by atoms with E-state index in [9.17, 15) is 9.18 Å². The van der Waals surface area contributed by atoms with Crippen molar-refractivity contribution >= 4 is 5.91 Å². The summed E-state index contributed by atoms with van der Waals surface area (Å²) >= 11 is 0. The van der Waals surface area contributed by atoms with Crippen molar-refractivity contribution in [3.05, 3.63) is 59.4 Å². The Bertz CT molecular complexity index is 835. The van der Waals surface area contributed by atoms with Gasteiger partial charge in [0.15, 0.2) is 0 Å². The summed E-state index contributed by atoms with van der Waals surface area (Å²) in [5, 5.41) is 0. The average molecular weight is 371 g/mol. The molecule has 0 N–H and O–H groups in total. The van der Waals surface area contributed by atoms with E-state index in [2.05, 4.69) is 0 Å². The van der Waals surface area contributed by atoms with Gasteiger partial charge in [-0.1, -0.05) is 18.2 Å². The molecule has 0 aliphatic carbocycles. The number of carbonyl (C=O) groups is 1. The monoisotopic (exact) mass is 371 g/mol. The second kappa shape index (κ2) is 7.56. The van der Waals surface area contributed by atoms with Gasteiger partial charge in [-0.2, -0.15) is 0 Å². The molecule has 142 valence electrons. The van der Waals surface area contributed by atoms with Crippen LogP contribution in [0.3, 0.4) is 0 Å². The van der Waals surface area contributed by atoms with Crippen molar-refractivity contribution in [1.82, 2.24) is 4.90 Å². The molecule has 27 heavy (non-hydrogen) atoms. The lowest BCUT2D eigenvalue weighted by molar-refractivity contribution is -0.151. The molecule has 0 radical (unpaired) electrons. The molecule has 4 rings (SSSR count). The van der Waals surface area contributed by atoms with Gasteiger partial charge in [0.25, 0.3) is 0 Å². The van der Waals surface area contributed by atoms with Crippen LogP contribution in [0.15, 0.2) is 42.5 Å². The lowest BCUT2D eigenvalue weighted by atomic mass is 9.94. The third-order valence-corrected chi connectivity index (χ3v) is 5.12. The molecular weight excluding hydrogens is 349 g/mol. The van der Waals surface area contributed by atoms with Crippen LogP contribution in [0, 0.1) is 11.7 Å². The molecule has 1 saturated heterocycles. The Morgan fingerprint density at radius 1 is 1.26 bits per heavy atom. The Kier molecular flexibility index (Phi) is 4.99. The minimum atomic E-state index is -0.266. The number of carbonyl (C=O) groups excluding carboxylic acids is 1. The summed E-state index contributed by atoms with van der Waals surface area (Å²) in [5.41, 5.74) is 1.53. The van der Waals surface area contributed by atoms with Gasteiger partial charge in [0, 0.05) is 18.7 Å². The van der Waals surface area contributed by atoms with E-state index >= 15 is 0 Å². The van der Waals surface area contributed by atoms with Crippen molar-refractivity contribution in [3.63, 3.8) is 0 Å². The number of amides is 1. The van der Waals surface area contributed by atoms with Gasteiger partial charge in [0.2, 0.25) is 5.91 Å². The van der Waals surface area contributed by atoms with E-state index in [0.29, 0.717) is 31.7 Å². The van der Waals surface area contributed by atoms with Gasteiger partial charge < -0.3 is 19.1 Å². The topological polar surface area (TPSA) is 48.0 Å². The van der Waals surface area contributed by atoms with Crippen LogP contribution >= 0.6 is 0 Å². The molecule has 1 atom stereocenters. The molecular formula is C21H22FNO4. The highest BCUT2D eigenvalue weighted by molar-refractivity contribution is 5.80. The number of hydrogen-bond donors (Lipinski definition) is 0. The number of methoxy groups -OCH3 is 1. The Hall–Kier alpha value is -2.60. The molecule has 0 bridgehead atoms. The zero-order valence-corrected chi connectivity index (χ0v) is 15.2. The van der Waals surface area contributed by atoms with Gasteiger partial charge in [-0.25, -0.2) is 4.39 Å². The summed E-state index contributed by atoms with van der Waals surface area (Å²) in [6.07, 6.45) is 0.591. The number of rotatable bonds is 5. The minimum absolute atomic E-state index is 0.0505. The van der Waals surface area contributed by atoms with E-state index in [-0.39, 0.29) is 30.4 Å². The van der Waals surface area contributed by atoms with Gasteiger partial charge >= 0.3 is 0 Å². The van der Waals surface area contributed by atoms with Gasteiger partial charge in [-0.05, 0) is 36.2 Å². The van der Waals surface area contributed by atoms with Crippen LogP contribution < -0.4 is 9.47 Å². The molecule has 0 unspecified atom stereocenters. The van der Waals surface area contributed by atoms with Gasteiger partial charge in [0.05, 0.1) is 25.7 Å². The zero-order chi connectivity index (χ0) is 18.8. The highest BCUT2D eigenvalue weighted by Crippen LogP contribution is 2.32. The first-order valence-electron chi connectivity index (χ1n) is 9.07. The Labute approximate surface area is 157 Å². The van der Waals surface area contributed by atoms with Gasteiger partial charge in [-0.3, -0.25) is 4.79 Å². The molecule has 0 aromatic heterocycles. The van der Waals surface area contributed by atoms with E-state index in [1.165, 1.54) is 6.07 Å². The third-order valence-electron chi connectivity index (χ3n) is 5.12. The number of fused-ring (bicyclic) bond motifs is 1. The highest BCUT2D eigenvalue weighted by Gasteiger charge is 2.37. The summed E-state index contributed by atoms with van der Waals surface area (Å²) < 4.78 is 30.3. The van der Waals surface area contributed by atoms with Crippen molar-refractivity contribution in [1.29, 1.82) is 0 Å². The maximum atomic E-state index is 13.6. The zero-order valence-electron chi connectivity index (χ0n) is 15.2. The number of benzene rings is 2. The van der Waals surface area contributed by atoms with Crippen LogP contribution in [-0.2, 0) is 22.6 Å². The van der Waals surface area contributed by atoms with Crippen molar-refractivity contribution in [2.75, 3.05) is 26.8 Å². The maximum absolute atomic E-state index is 13.6. The van der Waals surface area contributed by atoms with E-state index in [0.717, 1.165) is 17.1 Å². The predicted molar refractivity (Wildman–Crippen MR) is 97.2 cm³/mol. The second-order valence-corrected chi connectivity index (χ2v) is 6.95. The minimum Gasteiger partial charge on any atom is -0.497 e. The fraction of sp³-hybridized carbons (Fsp3) is 0.381. The maximum Gasteiger partial charge on any atom is 0.229 e. The number of ether oxygens (including phenoxy) is 3. The van der Waals surface area contributed by atoms with Crippen LogP contribution in [0.25, 0.3) is 0 Å². The molecule has 1 fully saturated rings. The summed E-state index contributed by atoms with van der Waals surface area (Å²) in [6.45, 7) is 1.68. The van der Waals surface area contributed by atoms with Crippen molar-refractivity contribution in [2.24, 2.45) is 5.92 Å². The number of nitrogens with zero attached hydrogens (tertiary/aromatic N) is 1. The molecule has 2 aliphatic heterocycles. The van der Waals surface area contributed by atoms with Crippen molar-refractivity contribution in [3.8, 4) is 11.5 Å². The van der Waals surface area contributed by atoms with Gasteiger partial charge in [-0.15, -0.1) is 0 Å². The fourth-order valence-electron chi connectivity index (χ4n) is 3.46. The van der Waals surface area contributed by atoms with Gasteiger partial charge in [0.1, 0.15) is 23.9 Å². The summed E-state index contributed by atoms with van der Waals surface area (Å²) in [6, 6.07) is 12.2. The molecule has 2 aromatic rings. The normalized spacial score (nSPS) is 19.0. The lowest BCUT2D eigenvalue weighted by Gasteiger charge is -2.41. The van der Waals surface area contributed by atoms with E-state index < -0.39 is 0 Å². The molecule has 6 heteroatoms. The van der Waals surface area contributed by atoms with Crippen LogP contribution in [0.5, 0.6) is 11.5 Å². The van der Waals surface area contributed by atoms with E-state index in [1.54, 1.807) is 30.2 Å². The summed E-state index contributed by atoms with van der Waals surface area (Å²) in [4.78, 5) is 14.5. The highest BCUT2D eigenvalue weighted by atomic mass is 19.1. The molecule has 2 aromatic carbocycles. The standard InChI is InChI=1S/C21H22FNO4/c1-25-17-6-7-20-15(9-17)8-16(13-27-20)21(24)23-10-18(11-23)26-12-14-4-2-3-5-19(14)22/h2-7,9,16,18H,8,10-13H2,1H3/t16-/m0/s1. The second-order valence-electron chi connectivity index (χ2n) is 6.95. The molecule has 1 amide bonds. The van der Waals surface area contributed by atoms with E-state index in [4.69, 9.17) is 14.2 Å². The number of likely N-dealkylation sites (tertiary alicyclic amines) is 1. The quantitative estimate of drug-likeness (QED) is 0.811. The molecule has 0 spiro atoms. The first-order valence-corrected chi connectivity index (χ1v) is 9.07. The molecule has 2 heterocycles. The average Bonchev–Trinajstić information content (AvgIpc) is 2.67. The molecule has 5 nitrogen and oxygen atoms in total. The summed E-state index contributed by atoms with van der Waals surface area (Å²) in [7, 11) is 1.62. The Morgan fingerprint density at radius 2 is 2.07 bits per heavy atom. The molecule has 0 saturated carbocycles. The van der Waals surface area contributed by atoms with Crippen LogP contribution in [0.2, 0.25) is 0 Å². The molecule has 2 aliphatic rings. The largest absolute Gasteiger partial charge is 0.497 e.